The fraction of sp³-hybridized carbons (Fsp3) is 0.175. The number of anilines is 4. The van der Waals surface area contributed by atoms with Crippen LogP contribution >= 0.6 is 0 Å². The highest BCUT2D eigenvalue weighted by molar-refractivity contribution is 7.93. The number of benzene rings is 7. The number of sulfone groups is 2. The number of amides is 4. The lowest BCUT2D eigenvalue weighted by Gasteiger charge is -2.24. The molecule has 0 aliphatic rings. The third kappa shape index (κ3) is 15.3. The zero-order chi connectivity index (χ0) is 56.8. The Balaban J connectivity index is 0.000000280. The molecule has 402 valence electrons. The first-order valence-corrected chi connectivity index (χ1v) is 26.6. The second-order valence-electron chi connectivity index (χ2n) is 17.8. The molecule has 77 heavy (non-hydrogen) atoms. The maximum Gasteiger partial charge on any atom is 0.255 e. The fourth-order valence-corrected chi connectivity index (χ4v) is 10.4. The smallest absolute Gasteiger partial charge is 0.255 e. The van der Waals surface area contributed by atoms with E-state index in [9.17, 15) is 46.2 Å². The van der Waals surface area contributed by atoms with E-state index >= 15 is 0 Å². The lowest BCUT2D eigenvalue weighted by Crippen LogP contribution is -2.34. The summed E-state index contributed by atoms with van der Waals surface area (Å²) in [5, 5.41) is 29.6. The zero-order valence-corrected chi connectivity index (χ0v) is 44.8. The lowest BCUT2D eigenvalue weighted by atomic mass is 10.1. The van der Waals surface area contributed by atoms with Gasteiger partial charge in [-0.25, -0.2) is 16.8 Å². The van der Waals surface area contributed by atoms with Crippen LogP contribution in [0.2, 0.25) is 0 Å². The van der Waals surface area contributed by atoms with Gasteiger partial charge in [0.1, 0.15) is 40.4 Å². The highest BCUT2D eigenvalue weighted by atomic mass is 32.2. The molecular weight excluding hydrogens is 1030 g/mol. The summed E-state index contributed by atoms with van der Waals surface area (Å²) < 4.78 is 63.9. The van der Waals surface area contributed by atoms with Crippen molar-refractivity contribution >= 4 is 72.8 Å². The van der Waals surface area contributed by atoms with Crippen molar-refractivity contribution in [1.29, 1.82) is 0 Å². The van der Waals surface area contributed by atoms with Crippen LogP contribution in [0.3, 0.4) is 0 Å². The van der Waals surface area contributed by atoms with Crippen LogP contribution in [0.1, 0.15) is 68.5 Å². The molecule has 20 heteroatoms. The summed E-state index contributed by atoms with van der Waals surface area (Å²) in [6.45, 7) is 12.4. The molecule has 4 amide bonds. The van der Waals surface area contributed by atoms with Gasteiger partial charge in [-0.05, 0) is 136 Å². The number of nitrogens with one attached hydrogen (secondary N) is 4. The molecule has 0 radical (unpaired) electrons. The van der Waals surface area contributed by atoms with E-state index in [1.165, 1.54) is 74.7 Å². The summed E-state index contributed by atoms with van der Waals surface area (Å²) in [6, 6.07) is 39.1. The monoisotopic (exact) mass is 1090 g/mol. The van der Waals surface area contributed by atoms with Crippen LogP contribution in [0.15, 0.2) is 161 Å². The molecule has 7 aromatic rings. The van der Waals surface area contributed by atoms with Crippen molar-refractivity contribution in [2.24, 2.45) is 11.7 Å². The number of aromatic hydroxyl groups is 2. The second-order valence-corrected chi connectivity index (χ2v) is 22.1. The summed E-state index contributed by atoms with van der Waals surface area (Å²) in [4.78, 5) is 57.9. The van der Waals surface area contributed by atoms with Crippen molar-refractivity contribution in [3.8, 4) is 28.7 Å². The number of carbonyl (C=O) groups is 5. The number of ether oxygens (including phenoxy) is 2. The molecule has 0 heterocycles. The minimum atomic E-state index is -4.01. The summed E-state index contributed by atoms with van der Waals surface area (Å²) in [7, 11) is -6.19. The number of primary amides is 1. The zero-order valence-electron chi connectivity index (χ0n) is 43.2. The highest BCUT2D eigenvalue weighted by Crippen LogP contribution is 2.39. The van der Waals surface area contributed by atoms with Gasteiger partial charge in [-0.15, -0.1) is 0 Å². The Morgan fingerprint density at radius 3 is 1.60 bits per heavy atom. The number of methoxy groups -OCH3 is 1. The Morgan fingerprint density at radius 2 is 1.06 bits per heavy atom. The number of rotatable bonds is 17. The first-order chi connectivity index (χ1) is 36.5. The molecule has 0 saturated heterocycles. The van der Waals surface area contributed by atoms with Crippen molar-refractivity contribution in [3.05, 3.63) is 185 Å². The maximum absolute atomic E-state index is 13.2. The number of aryl methyl sites for hydroxylation is 3. The predicted molar refractivity (Wildman–Crippen MR) is 296 cm³/mol. The van der Waals surface area contributed by atoms with Gasteiger partial charge in [0.25, 0.3) is 11.8 Å². The number of phenols is 2. The highest BCUT2D eigenvalue weighted by Gasteiger charge is 2.32. The number of phenolic OH excluding ortho intramolecular Hbond substituents is 2. The molecule has 0 saturated carbocycles. The Morgan fingerprint density at radius 1 is 0.545 bits per heavy atom. The molecule has 7 aromatic carbocycles. The van der Waals surface area contributed by atoms with E-state index in [-0.39, 0.29) is 61.1 Å². The first kappa shape index (κ1) is 58.9. The van der Waals surface area contributed by atoms with E-state index in [0.717, 1.165) is 16.7 Å². The molecule has 2 unspecified atom stereocenters. The molecular formula is C57H59N5O13S2. The van der Waals surface area contributed by atoms with E-state index < -0.39 is 53.9 Å². The Kier molecular flexibility index (Phi) is 19.9. The van der Waals surface area contributed by atoms with E-state index in [1.54, 1.807) is 98.8 Å². The van der Waals surface area contributed by atoms with E-state index in [1.807, 2.05) is 33.6 Å². The molecule has 18 nitrogen and oxygen atoms in total. The van der Waals surface area contributed by atoms with Crippen molar-refractivity contribution < 1.29 is 60.5 Å². The standard InChI is InChI=1S/C31H30N2O7S.C25H27N3O5S.CH2O/c1-19-5-9-22(10-6-19)31(36)32-26-18-29(40-24-13-11-23(39-4)12-14-24)27(17-28(26)34)33-30(35)21(3)41(37,38)25-15-7-20(2)8-16-25;1-15(2)25(34(32,33)20-6-4-5-16(3)13-20)27-19-11-12-21(22(29)14-19)28-24(31)18-9-7-17(8-10-18)23(26)30;1-2/h5-18,21,34H,1-4H3,(H,32,36)(H,33,35);4-15,25,27,29H,1-3H3,(H2,26,30)(H,28,31);1H2. The lowest BCUT2D eigenvalue weighted by molar-refractivity contribution is -0.115. The van der Waals surface area contributed by atoms with E-state index in [2.05, 4.69) is 21.3 Å². The minimum Gasteiger partial charge on any atom is -0.506 e. The average molecular weight is 1090 g/mol. The van der Waals surface area contributed by atoms with Crippen LogP contribution in [-0.2, 0) is 29.3 Å². The molecule has 0 bridgehead atoms. The van der Waals surface area contributed by atoms with Gasteiger partial charge >= 0.3 is 0 Å². The largest absolute Gasteiger partial charge is 0.506 e. The Bertz CT molecular complexity index is 3460. The van der Waals surface area contributed by atoms with Gasteiger partial charge in [-0.1, -0.05) is 61.4 Å². The molecule has 0 fully saturated rings. The summed E-state index contributed by atoms with van der Waals surface area (Å²) in [5.41, 5.74) is 9.39. The molecule has 0 aromatic heterocycles. The van der Waals surface area contributed by atoms with E-state index in [0.29, 0.717) is 22.7 Å². The Labute approximate surface area is 447 Å². The van der Waals surface area contributed by atoms with Gasteiger partial charge in [-0.3, -0.25) is 19.2 Å². The van der Waals surface area contributed by atoms with E-state index in [4.69, 9.17) is 20.0 Å². The van der Waals surface area contributed by atoms with Crippen LogP contribution in [0, 0.1) is 26.7 Å². The van der Waals surface area contributed by atoms with Gasteiger partial charge < -0.3 is 51.5 Å². The van der Waals surface area contributed by atoms with Crippen molar-refractivity contribution in [3.63, 3.8) is 0 Å². The van der Waals surface area contributed by atoms with Gasteiger partial charge in [0, 0.05) is 40.6 Å². The van der Waals surface area contributed by atoms with Crippen LogP contribution in [0.5, 0.6) is 28.7 Å². The average Bonchev–Trinajstić information content (AvgIpc) is 3.41. The SMILES string of the molecule is C=O.COc1ccc(Oc2cc(NC(=O)c3ccc(C)cc3)c(O)cc2NC(=O)C(C)S(=O)(=O)c2ccc(C)cc2)cc1.Cc1cccc(S(=O)(=O)C(Nc2ccc(NC(=O)c3ccc(C(N)=O)cc3)c(O)c2)C(C)C)c1. The number of carbonyl (C=O) groups excluding carboxylic acids is 5. The quantitative estimate of drug-likeness (QED) is 0.0418. The molecule has 7 rings (SSSR count). The third-order valence-corrected chi connectivity index (χ3v) is 15.9. The van der Waals surface area contributed by atoms with Crippen molar-refractivity contribution in [2.45, 2.75) is 62.0 Å². The van der Waals surface area contributed by atoms with Crippen LogP contribution in [0.4, 0.5) is 22.7 Å². The van der Waals surface area contributed by atoms with Gasteiger partial charge in [0.15, 0.2) is 25.4 Å². The second kappa shape index (κ2) is 26.0. The Hall–Kier alpha value is -9.01. The summed E-state index contributed by atoms with van der Waals surface area (Å²) in [5.74, 6) is -2.24. The van der Waals surface area contributed by atoms with Crippen molar-refractivity contribution in [2.75, 3.05) is 28.4 Å². The fourth-order valence-electron chi connectivity index (χ4n) is 7.24. The minimum absolute atomic E-state index is 0.00242. The first-order valence-electron chi connectivity index (χ1n) is 23.6. The third-order valence-electron chi connectivity index (χ3n) is 11.6. The van der Waals surface area contributed by atoms with Crippen LogP contribution in [0.25, 0.3) is 0 Å². The summed E-state index contributed by atoms with van der Waals surface area (Å²) in [6.07, 6.45) is 0. The van der Waals surface area contributed by atoms with Crippen LogP contribution < -0.4 is 36.5 Å². The normalized spacial score (nSPS) is 11.7. The number of hydrogen-bond acceptors (Lipinski definition) is 14. The van der Waals surface area contributed by atoms with Gasteiger partial charge in [-0.2, -0.15) is 0 Å². The molecule has 0 aliphatic heterocycles. The number of nitrogens with two attached hydrogens (primary N) is 1. The predicted octanol–water partition coefficient (Wildman–Crippen LogP) is 9.60. The topological polar surface area (TPSA) is 287 Å². The molecule has 8 N–H and O–H groups in total. The molecule has 0 aliphatic carbocycles. The van der Waals surface area contributed by atoms with Gasteiger partial charge in [0.05, 0.1) is 34.0 Å². The maximum atomic E-state index is 13.2. The molecule has 2 atom stereocenters. The van der Waals surface area contributed by atoms with Crippen LogP contribution in [-0.4, -0.2) is 75.2 Å². The van der Waals surface area contributed by atoms with Crippen molar-refractivity contribution in [1.82, 2.24) is 0 Å². The summed E-state index contributed by atoms with van der Waals surface area (Å²) >= 11 is 0. The van der Waals surface area contributed by atoms with Gasteiger partial charge in [0.2, 0.25) is 11.8 Å². The molecule has 0 spiro atoms. The number of hydrogen-bond donors (Lipinski definition) is 7.